The molecule has 0 unspecified atom stereocenters. The van der Waals surface area contributed by atoms with Crippen LogP contribution >= 0.6 is 15.9 Å². The zero-order chi connectivity index (χ0) is 10.9. The summed E-state index contributed by atoms with van der Waals surface area (Å²) in [5, 5.41) is 0.900. The van der Waals surface area contributed by atoms with Crippen LogP contribution in [0.4, 0.5) is 0 Å². The van der Waals surface area contributed by atoms with Crippen LogP contribution in [-0.2, 0) is 9.59 Å². The first kappa shape index (κ1) is 11.1. The average molecular weight is 274 g/mol. The van der Waals surface area contributed by atoms with E-state index in [1.807, 2.05) is 0 Å². The number of carbonyl (C=O) groups is 2. The third-order valence-corrected chi connectivity index (χ3v) is 4.76. The van der Waals surface area contributed by atoms with E-state index in [1.165, 1.54) is 11.3 Å². The summed E-state index contributed by atoms with van der Waals surface area (Å²) in [7, 11) is 0. The van der Waals surface area contributed by atoms with E-state index >= 15 is 0 Å². The van der Waals surface area contributed by atoms with Gasteiger partial charge in [0.15, 0.2) is 0 Å². The molecule has 1 heterocycles. The highest BCUT2D eigenvalue weighted by atomic mass is 79.9. The fraction of sp³-hybridized carbons (Fsp3) is 0.818. The number of carbonyl (C=O) groups excluding carboxylic acids is 2. The van der Waals surface area contributed by atoms with E-state index in [0.717, 1.165) is 24.6 Å². The third kappa shape index (κ3) is 2.10. The Bertz CT molecular complexity index is 265. The highest BCUT2D eigenvalue weighted by Gasteiger charge is 2.40. The van der Waals surface area contributed by atoms with E-state index < -0.39 is 0 Å². The maximum Gasteiger partial charge on any atom is 0.229 e. The van der Waals surface area contributed by atoms with Gasteiger partial charge < -0.3 is 0 Å². The Hall–Kier alpha value is -0.380. The number of nitrogens with zero attached hydrogens (tertiary/aromatic N) is 1. The van der Waals surface area contributed by atoms with Gasteiger partial charge in [-0.2, -0.15) is 0 Å². The first-order valence-corrected chi connectivity index (χ1v) is 6.68. The van der Waals surface area contributed by atoms with Gasteiger partial charge in [0.2, 0.25) is 11.8 Å². The Balaban J connectivity index is 2.02. The van der Waals surface area contributed by atoms with Crippen LogP contribution < -0.4 is 0 Å². The maximum absolute atomic E-state index is 11.6. The lowest BCUT2D eigenvalue weighted by Gasteiger charge is -2.44. The number of likely N-dealkylation sites (tertiary alicyclic amines) is 1. The molecule has 2 fully saturated rings. The quantitative estimate of drug-likeness (QED) is 0.583. The number of piperidine rings is 1. The number of rotatable bonds is 3. The molecule has 0 atom stereocenters. The lowest BCUT2D eigenvalue weighted by Crippen LogP contribution is -2.49. The number of alkyl halides is 1. The Labute approximate surface area is 98.3 Å². The van der Waals surface area contributed by atoms with Crippen molar-refractivity contribution in [2.75, 3.05) is 11.9 Å². The highest BCUT2D eigenvalue weighted by molar-refractivity contribution is 9.09. The predicted octanol–water partition coefficient (Wildman–Crippen LogP) is 2.09. The predicted molar refractivity (Wildman–Crippen MR) is 60.6 cm³/mol. The van der Waals surface area contributed by atoms with Crippen molar-refractivity contribution in [2.24, 2.45) is 5.41 Å². The summed E-state index contributed by atoms with van der Waals surface area (Å²) in [6.07, 6.45) is 5.32. The molecule has 4 heteroatoms. The molecule has 3 nitrogen and oxygen atoms in total. The van der Waals surface area contributed by atoms with Gasteiger partial charge in [0.25, 0.3) is 0 Å². The van der Waals surface area contributed by atoms with E-state index in [2.05, 4.69) is 15.9 Å². The standard InChI is InChI=1S/C11H16BrNO2/c12-7-11(5-2-6-11)8-13-9(14)3-1-4-10(13)15/h1-8H2. The first-order valence-electron chi connectivity index (χ1n) is 5.56. The van der Waals surface area contributed by atoms with E-state index in [-0.39, 0.29) is 17.2 Å². The fourth-order valence-electron chi connectivity index (χ4n) is 2.32. The van der Waals surface area contributed by atoms with Crippen LogP contribution in [0.2, 0.25) is 0 Å². The molecule has 0 spiro atoms. The van der Waals surface area contributed by atoms with Crippen molar-refractivity contribution >= 4 is 27.7 Å². The minimum atomic E-state index is 0.0264. The van der Waals surface area contributed by atoms with Crippen LogP contribution in [0.5, 0.6) is 0 Å². The lowest BCUT2D eigenvalue weighted by molar-refractivity contribution is -0.150. The second-order valence-electron chi connectivity index (χ2n) is 4.71. The number of hydrogen-bond donors (Lipinski definition) is 0. The van der Waals surface area contributed by atoms with Gasteiger partial charge in [-0.05, 0) is 24.7 Å². The second-order valence-corrected chi connectivity index (χ2v) is 5.28. The molecule has 0 bridgehead atoms. The fourth-order valence-corrected chi connectivity index (χ4v) is 3.06. The van der Waals surface area contributed by atoms with Crippen LogP contribution in [0.3, 0.4) is 0 Å². The summed E-state index contributed by atoms with van der Waals surface area (Å²) in [6.45, 7) is 0.635. The monoisotopic (exact) mass is 273 g/mol. The Morgan fingerprint density at radius 1 is 1.13 bits per heavy atom. The van der Waals surface area contributed by atoms with Crippen LogP contribution in [-0.4, -0.2) is 28.6 Å². The molecular weight excluding hydrogens is 258 g/mol. The Kier molecular flexibility index (Phi) is 3.14. The third-order valence-electron chi connectivity index (χ3n) is 3.57. The van der Waals surface area contributed by atoms with E-state index in [1.54, 1.807) is 0 Å². The Morgan fingerprint density at radius 2 is 1.73 bits per heavy atom. The lowest BCUT2D eigenvalue weighted by atomic mass is 9.70. The normalized spacial score (nSPS) is 25.3. The molecule has 1 aliphatic heterocycles. The van der Waals surface area contributed by atoms with Crippen molar-refractivity contribution in [3.05, 3.63) is 0 Å². The number of imide groups is 1. The van der Waals surface area contributed by atoms with Gasteiger partial charge in [0.05, 0.1) is 0 Å². The summed E-state index contributed by atoms with van der Waals surface area (Å²) < 4.78 is 0. The summed E-state index contributed by atoms with van der Waals surface area (Å²) in [6, 6.07) is 0. The van der Waals surface area contributed by atoms with Gasteiger partial charge in [-0.1, -0.05) is 22.4 Å². The molecule has 0 N–H and O–H groups in total. The van der Waals surface area contributed by atoms with Gasteiger partial charge in [-0.15, -0.1) is 0 Å². The van der Waals surface area contributed by atoms with Crippen molar-refractivity contribution in [1.29, 1.82) is 0 Å². The van der Waals surface area contributed by atoms with Gasteiger partial charge in [-0.3, -0.25) is 14.5 Å². The van der Waals surface area contributed by atoms with Gasteiger partial charge in [0, 0.05) is 24.7 Å². The molecule has 0 radical (unpaired) electrons. The van der Waals surface area contributed by atoms with Gasteiger partial charge in [-0.25, -0.2) is 0 Å². The largest absolute Gasteiger partial charge is 0.282 e. The average Bonchev–Trinajstić information content (AvgIpc) is 2.15. The molecule has 1 saturated heterocycles. The van der Waals surface area contributed by atoms with Crippen molar-refractivity contribution in [2.45, 2.75) is 38.5 Å². The molecule has 2 rings (SSSR count). The van der Waals surface area contributed by atoms with Crippen LogP contribution in [0, 0.1) is 5.41 Å². The zero-order valence-corrected chi connectivity index (χ0v) is 10.4. The second kappa shape index (κ2) is 4.24. The molecular formula is C11H16BrNO2. The van der Waals surface area contributed by atoms with E-state index in [9.17, 15) is 9.59 Å². The molecule has 15 heavy (non-hydrogen) atoms. The number of halogens is 1. The molecule has 2 aliphatic rings. The summed E-state index contributed by atoms with van der Waals surface area (Å²) in [4.78, 5) is 24.7. The molecule has 0 aromatic rings. The van der Waals surface area contributed by atoms with Crippen molar-refractivity contribution in [3.63, 3.8) is 0 Å². The minimum Gasteiger partial charge on any atom is -0.282 e. The van der Waals surface area contributed by atoms with Crippen LogP contribution in [0.25, 0.3) is 0 Å². The van der Waals surface area contributed by atoms with Gasteiger partial charge in [0.1, 0.15) is 0 Å². The molecule has 0 aromatic carbocycles. The van der Waals surface area contributed by atoms with Crippen molar-refractivity contribution in [3.8, 4) is 0 Å². The minimum absolute atomic E-state index is 0.0264. The summed E-state index contributed by atoms with van der Waals surface area (Å²) >= 11 is 3.50. The zero-order valence-electron chi connectivity index (χ0n) is 8.80. The van der Waals surface area contributed by atoms with Crippen LogP contribution in [0.15, 0.2) is 0 Å². The number of hydrogen-bond acceptors (Lipinski definition) is 2. The Morgan fingerprint density at radius 3 is 2.13 bits per heavy atom. The molecule has 2 amide bonds. The summed E-state index contributed by atoms with van der Waals surface area (Å²) in [5.41, 5.74) is 0.183. The topological polar surface area (TPSA) is 37.4 Å². The maximum atomic E-state index is 11.6. The van der Waals surface area contributed by atoms with Gasteiger partial charge >= 0.3 is 0 Å². The molecule has 1 saturated carbocycles. The smallest absolute Gasteiger partial charge is 0.229 e. The van der Waals surface area contributed by atoms with Crippen LogP contribution in [0.1, 0.15) is 38.5 Å². The van der Waals surface area contributed by atoms with E-state index in [0.29, 0.717) is 19.4 Å². The molecule has 0 aromatic heterocycles. The summed E-state index contributed by atoms with van der Waals surface area (Å²) in [5.74, 6) is 0.0527. The van der Waals surface area contributed by atoms with Crippen molar-refractivity contribution < 1.29 is 9.59 Å². The first-order chi connectivity index (χ1) is 7.17. The van der Waals surface area contributed by atoms with Crippen molar-refractivity contribution in [1.82, 2.24) is 4.90 Å². The number of amides is 2. The SMILES string of the molecule is O=C1CCCC(=O)N1CC1(CBr)CCC1. The molecule has 1 aliphatic carbocycles. The highest BCUT2D eigenvalue weighted by Crippen LogP contribution is 2.43. The van der Waals surface area contributed by atoms with E-state index in [4.69, 9.17) is 0 Å². The molecule has 84 valence electrons.